The van der Waals surface area contributed by atoms with Crippen LogP contribution in [0.25, 0.3) is 0 Å². The summed E-state index contributed by atoms with van der Waals surface area (Å²) in [7, 11) is 0. The lowest BCUT2D eigenvalue weighted by Crippen LogP contribution is -1.93. The number of rotatable bonds is 3. The Morgan fingerprint density at radius 2 is 2.58 bits per heavy atom. The molecular formula is C8H8N2OS. The van der Waals surface area contributed by atoms with Gasteiger partial charge in [-0.25, -0.2) is 0 Å². The van der Waals surface area contributed by atoms with E-state index in [0.29, 0.717) is 0 Å². The van der Waals surface area contributed by atoms with Crippen molar-refractivity contribution in [1.29, 1.82) is 0 Å². The smallest absolute Gasteiger partial charge is 0.188 e. The summed E-state index contributed by atoms with van der Waals surface area (Å²) in [6, 6.07) is 3.60. The molecule has 0 bridgehead atoms. The summed E-state index contributed by atoms with van der Waals surface area (Å²) >= 11 is 4.38. The quantitative estimate of drug-likeness (QED) is 0.525. The third kappa shape index (κ3) is 2.78. The summed E-state index contributed by atoms with van der Waals surface area (Å²) in [5.41, 5.74) is 0.916. The van der Waals surface area contributed by atoms with Crippen LogP contribution in [0.4, 0.5) is 0 Å². The second kappa shape index (κ2) is 4.59. The first-order valence-electron chi connectivity index (χ1n) is 3.42. The SMILES string of the molecule is Cc1cc(OCN=C=S)ccn1. The molecule has 0 spiro atoms. The first-order chi connectivity index (χ1) is 5.83. The fraction of sp³-hybridized carbons (Fsp3) is 0.250. The topological polar surface area (TPSA) is 34.5 Å². The Morgan fingerprint density at radius 1 is 1.75 bits per heavy atom. The van der Waals surface area contributed by atoms with Crippen LogP contribution in [0.1, 0.15) is 5.69 Å². The van der Waals surface area contributed by atoms with E-state index in [0.717, 1.165) is 11.4 Å². The number of hydrogen-bond donors (Lipinski definition) is 0. The number of hydrogen-bond acceptors (Lipinski definition) is 4. The van der Waals surface area contributed by atoms with Gasteiger partial charge in [0.1, 0.15) is 5.75 Å². The Bertz CT molecular complexity index is 308. The first kappa shape index (κ1) is 8.84. The summed E-state index contributed by atoms with van der Waals surface area (Å²) in [5.74, 6) is 0.747. The molecule has 0 aromatic carbocycles. The highest BCUT2D eigenvalue weighted by atomic mass is 32.1. The van der Waals surface area contributed by atoms with Crippen molar-refractivity contribution in [1.82, 2.24) is 4.98 Å². The summed E-state index contributed by atoms with van der Waals surface area (Å²) in [6.45, 7) is 2.11. The van der Waals surface area contributed by atoms with E-state index in [-0.39, 0.29) is 6.73 Å². The second-order valence-corrected chi connectivity index (χ2v) is 2.34. The van der Waals surface area contributed by atoms with Crippen molar-refractivity contribution >= 4 is 17.4 Å². The van der Waals surface area contributed by atoms with Crippen LogP contribution in [0.3, 0.4) is 0 Å². The first-order valence-corrected chi connectivity index (χ1v) is 3.83. The minimum atomic E-state index is 0.215. The Labute approximate surface area is 76.1 Å². The normalized spacial score (nSPS) is 8.75. The third-order valence-corrected chi connectivity index (χ3v) is 1.36. The number of thiocarbonyl (C=S) groups is 1. The zero-order valence-corrected chi connectivity index (χ0v) is 7.47. The van der Waals surface area contributed by atoms with Gasteiger partial charge in [0, 0.05) is 18.0 Å². The lowest BCUT2D eigenvalue weighted by atomic mass is 10.4. The van der Waals surface area contributed by atoms with E-state index in [4.69, 9.17) is 4.74 Å². The molecule has 0 aliphatic heterocycles. The van der Waals surface area contributed by atoms with Gasteiger partial charge in [-0.2, -0.15) is 4.99 Å². The maximum atomic E-state index is 5.19. The van der Waals surface area contributed by atoms with Crippen LogP contribution in [0.15, 0.2) is 23.3 Å². The molecule has 1 aromatic rings. The Morgan fingerprint density at radius 3 is 3.25 bits per heavy atom. The minimum Gasteiger partial charge on any atom is -0.470 e. The van der Waals surface area contributed by atoms with Gasteiger partial charge in [-0.05, 0) is 25.2 Å². The maximum absolute atomic E-state index is 5.19. The van der Waals surface area contributed by atoms with Crippen molar-refractivity contribution in [3.8, 4) is 5.75 Å². The van der Waals surface area contributed by atoms with Gasteiger partial charge in [-0.3, -0.25) is 4.98 Å². The summed E-state index contributed by atoms with van der Waals surface area (Å²) < 4.78 is 5.19. The van der Waals surface area contributed by atoms with E-state index in [1.54, 1.807) is 12.3 Å². The molecule has 0 atom stereocenters. The predicted octanol–water partition coefficient (Wildman–Crippen LogP) is 1.83. The molecule has 0 fully saturated rings. The molecule has 0 aliphatic carbocycles. The van der Waals surface area contributed by atoms with Gasteiger partial charge >= 0.3 is 0 Å². The second-order valence-electron chi connectivity index (χ2n) is 2.16. The van der Waals surface area contributed by atoms with Crippen LogP contribution < -0.4 is 4.74 Å². The summed E-state index contributed by atoms with van der Waals surface area (Å²) in [4.78, 5) is 7.64. The highest BCUT2D eigenvalue weighted by Crippen LogP contribution is 2.09. The molecule has 1 heterocycles. The van der Waals surface area contributed by atoms with Crippen molar-refractivity contribution in [3.63, 3.8) is 0 Å². The van der Waals surface area contributed by atoms with Crippen LogP contribution in [-0.2, 0) is 0 Å². The fourth-order valence-corrected chi connectivity index (χ4v) is 0.795. The molecule has 0 aliphatic rings. The van der Waals surface area contributed by atoms with Gasteiger partial charge in [0.15, 0.2) is 6.73 Å². The number of aryl methyl sites for hydroxylation is 1. The highest BCUT2D eigenvalue weighted by Gasteiger charge is 1.91. The van der Waals surface area contributed by atoms with E-state index in [2.05, 4.69) is 27.4 Å². The average Bonchev–Trinajstić information content (AvgIpc) is 2.05. The molecule has 0 saturated heterocycles. The van der Waals surface area contributed by atoms with E-state index in [1.807, 2.05) is 13.0 Å². The van der Waals surface area contributed by atoms with Crippen molar-refractivity contribution in [2.45, 2.75) is 6.92 Å². The van der Waals surface area contributed by atoms with Crippen LogP contribution in [-0.4, -0.2) is 16.9 Å². The number of ether oxygens (including phenoxy) is 1. The zero-order valence-electron chi connectivity index (χ0n) is 6.65. The van der Waals surface area contributed by atoms with Gasteiger partial charge < -0.3 is 4.74 Å². The molecule has 1 rings (SSSR count). The molecular weight excluding hydrogens is 172 g/mol. The molecule has 0 radical (unpaired) electrons. The monoisotopic (exact) mass is 180 g/mol. The Balaban J connectivity index is 2.57. The summed E-state index contributed by atoms with van der Waals surface area (Å²) in [6.07, 6.45) is 1.69. The number of pyridine rings is 1. The number of aromatic nitrogens is 1. The molecule has 0 N–H and O–H groups in total. The molecule has 3 nitrogen and oxygen atoms in total. The molecule has 0 saturated carbocycles. The van der Waals surface area contributed by atoms with Crippen LogP contribution in [0.5, 0.6) is 5.75 Å². The Hall–Kier alpha value is -1.25. The number of nitrogens with zero attached hydrogens (tertiary/aromatic N) is 2. The van der Waals surface area contributed by atoms with Gasteiger partial charge in [-0.1, -0.05) is 0 Å². The fourth-order valence-electron chi connectivity index (χ4n) is 0.743. The molecule has 4 heteroatoms. The highest BCUT2D eigenvalue weighted by molar-refractivity contribution is 7.78. The molecule has 0 unspecified atom stereocenters. The summed E-state index contributed by atoms with van der Waals surface area (Å²) in [5, 5.41) is 2.22. The van der Waals surface area contributed by atoms with Crippen molar-refractivity contribution in [3.05, 3.63) is 24.0 Å². The zero-order chi connectivity index (χ0) is 8.81. The van der Waals surface area contributed by atoms with Gasteiger partial charge in [0.25, 0.3) is 0 Å². The van der Waals surface area contributed by atoms with E-state index >= 15 is 0 Å². The van der Waals surface area contributed by atoms with Crippen molar-refractivity contribution in [2.75, 3.05) is 6.73 Å². The van der Waals surface area contributed by atoms with E-state index in [9.17, 15) is 0 Å². The van der Waals surface area contributed by atoms with Crippen LogP contribution in [0, 0.1) is 6.92 Å². The molecule has 0 amide bonds. The van der Waals surface area contributed by atoms with E-state index in [1.165, 1.54) is 0 Å². The minimum absolute atomic E-state index is 0.215. The lowest BCUT2D eigenvalue weighted by Gasteiger charge is -2.00. The van der Waals surface area contributed by atoms with Crippen LogP contribution >= 0.6 is 12.2 Å². The molecule has 62 valence electrons. The third-order valence-electron chi connectivity index (χ3n) is 1.23. The standard InChI is InChI=1S/C8H8N2OS/c1-7-4-8(2-3-10-7)11-5-9-6-12/h2-4H,5H2,1H3. The lowest BCUT2D eigenvalue weighted by molar-refractivity contribution is 0.332. The van der Waals surface area contributed by atoms with Gasteiger partial charge in [0.05, 0.1) is 5.16 Å². The average molecular weight is 180 g/mol. The number of isothiocyanates is 1. The predicted molar refractivity (Wildman–Crippen MR) is 49.5 cm³/mol. The van der Waals surface area contributed by atoms with Gasteiger partial charge in [-0.15, -0.1) is 0 Å². The molecule has 1 aromatic heterocycles. The van der Waals surface area contributed by atoms with E-state index < -0.39 is 0 Å². The largest absolute Gasteiger partial charge is 0.470 e. The van der Waals surface area contributed by atoms with Crippen molar-refractivity contribution < 1.29 is 4.74 Å². The van der Waals surface area contributed by atoms with Crippen LogP contribution in [0.2, 0.25) is 0 Å². The Kier molecular flexibility index (Phi) is 3.38. The van der Waals surface area contributed by atoms with Gasteiger partial charge in [0.2, 0.25) is 0 Å². The van der Waals surface area contributed by atoms with Crippen molar-refractivity contribution in [2.24, 2.45) is 4.99 Å². The number of aliphatic imine (C=N–C) groups is 1. The maximum Gasteiger partial charge on any atom is 0.188 e. The molecule has 12 heavy (non-hydrogen) atoms.